The van der Waals surface area contributed by atoms with Crippen LogP contribution < -0.4 is 14.8 Å². The summed E-state index contributed by atoms with van der Waals surface area (Å²) < 4.78 is 12.2. The molecule has 1 heterocycles. The van der Waals surface area contributed by atoms with Crippen LogP contribution in [0.2, 0.25) is 0 Å². The zero-order valence-corrected chi connectivity index (χ0v) is 14.3. The van der Waals surface area contributed by atoms with E-state index < -0.39 is 0 Å². The Morgan fingerprint density at radius 1 is 1.20 bits per heavy atom. The number of hydrogen-bond acceptors (Lipinski definition) is 4. The molecule has 0 atom stereocenters. The monoisotopic (exact) mass is 359 g/mol. The van der Waals surface area contributed by atoms with E-state index in [-0.39, 0.29) is 0 Å². The lowest BCUT2D eigenvalue weighted by Crippen LogP contribution is -2.18. The van der Waals surface area contributed by atoms with Gasteiger partial charge in [0.2, 0.25) is 0 Å². The highest BCUT2D eigenvalue weighted by atomic mass is 79.9. The van der Waals surface area contributed by atoms with Gasteiger partial charge in [0.1, 0.15) is 13.2 Å². The average Bonchev–Trinajstić information content (AvgIpc) is 2.46. The summed E-state index contributed by atoms with van der Waals surface area (Å²) in [5, 5.41) is 3.49. The van der Waals surface area contributed by atoms with Gasteiger partial charge in [-0.2, -0.15) is 11.8 Å². The van der Waals surface area contributed by atoms with Crippen LogP contribution in [-0.2, 0) is 6.54 Å². The van der Waals surface area contributed by atoms with Gasteiger partial charge in [-0.05, 0) is 65.0 Å². The molecule has 0 fully saturated rings. The van der Waals surface area contributed by atoms with E-state index in [2.05, 4.69) is 39.6 Å². The molecular weight excluding hydrogens is 338 g/mol. The van der Waals surface area contributed by atoms with Gasteiger partial charge in [-0.15, -0.1) is 0 Å². The fourth-order valence-electron chi connectivity index (χ4n) is 2.17. The standard InChI is InChI=1S/C15H22BrNO2S/c1-20-8-4-2-3-5-17-11-12-9-13(16)15-14(10-12)18-6-7-19-15/h9-10,17H,2-8,11H2,1H3. The van der Waals surface area contributed by atoms with Gasteiger partial charge in [-0.1, -0.05) is 6.42 Å². The number of fused-ring (bicyclic) bond motifs is 1. The van der Waals surface area contributed by atoms with Crippen LogP contribution in [0.15, 0.2) is 16.6 Å². The highest BCUT2D eigenvalue weighted by Crippen LogP contribution is 2.38. The first-order valence-electron chi connectivity index (χ1n) is 7.09. The van der Waals surface area contributed by atoms with E-state index in [1.807, 2.05) is 11.8 Å². The Hall–Kier alpha value is -0.390. The molecule has 112 valence electrons. The molecule has 1 aromatic carbocycles. The first-order chi connectivity index (χ1) is 9.81. The van der Waals surface area contributed by atoms with Crippen molar-refractivity contribution in [1.82, 2.24) is 5.32 Å². The average molecular weight is 360 g/mol. The molecule has 0 aliphatic carbocycles. The van der Waals surface area contributed by atoms with Gasteiger partial charge >= 0.3 is 0 Å². The molecule has 20 heavy (non-hydrogen) atoms. The van der Waals surface area contributed by atoms with Crippen molar-refractivity contribution in [2.75, 3.05) is 31.8 Å². The Balaban J connectivity index is 1.74. The van der Waals surface area contributed by atoms with Gasteiger partial charge in [0, 0.05) is 6.54 Å². The van der Waals surface area contributed by atoms with Crippen molar-refractivity contribution in [1.29, 1.82) is 0 Å². The maximum Gasteiger partial charge on any atom is 0.175 e. The number of unbranched alkanes of at least 4 members (excludes halogenated alkanes) is 2. The summed E-state index contributed by atoms with van der Waals surface area (Å²) in [5.74, 6) is 2.95. The molecule has 0 bridgehead atoms. The lowest BCUT2D eigenvalue weighted by Gasteiger charge is -2.20. The second kappa shape index (κ2) is 8.80. The highest BCUT2D eigenvalue weighted by Gasteiger charge is 2.15. The van der Waals surface area contributed by atoms with E-state index in [9.17, 15) is 0 Å². The fourth-order valence-corrected chi connectivity index (χ4v) is 3.27. The molecular formula is C15H22BrNO2S. The summed E-state index contributed by atoms with van der Waals surface area (Å²) in [6, 6.07) is 4.17. The Morgan fingerprint density at radius 3 is 2.90 bits per heavy atom. The van der Waals surface area contributed by atoms with Gasteiger partial charge in [-0.3, -0.25) is 0 Å². The number of ether oxygens (including phenoxy) is 2. The van der Waals surface area contributed by atoms with E-state index in [4.69, 9.17) is 9.47 Å². The largest absolute Gasteiger partial charge is 0.486 e. The Bertz CT molecular complexity index is 429. The predicted molar refractivity (Wildman–Crippen MR) is 89.1 cm³/mol. The lowest BCUT2D eigenvalue weighted by atomic mass is 10.2. The molecule has 5 heteroatoms. The fraction of sp³-hybridized carbons (Fsp3) is 0.600. The summed E-state index contributed by atoms with van der Waals surface area (Å²) in [6.07, 6.45) is 6.03. The van der Waals surface area contributed by atoms with Gasteiger partial charge in [0.25, 0.3) is 0 Å². The van der Waals surface area contributed by atoms with Crippen molar-refractivity contribution in [3.05, 3.63) is 22.2 Å². The maximum absolute atomic E-state index is 5.63. The van der Waals surface area contributed by atoms with Crippen molar-refractivity contribution in [3.8, 4) is 11.5 Å². The quantitative estimate of drug-likeness (QED) is 0.714. The SMILES string of the molecule is CSCCCCCNCc1cc(Br)c2c(c1)OCCO2. The van der Waals surface area contributed by atoms with E-state index in [1.54, 1.807) is 0 Å². The Morgan fingerprint density at radius 2 is 2.05 bits per heavy atom. The molecule has 0 aromatic heterocycles. The first-order valence-corrected chi connectivity index (χ1v) is 9.27. The molecule has 0 unspecified atom stereocenters. The summed E-state index contributed by atoms with van der Waals surface area (Å²) in [6.45, 7) is 3.20. The highest BCUT2D eigenvalue weighted by molar-refractivity contribution is 9.10. The van der Waals surface area contributed by atoms with E-state index in [0.717, 1.165) is 29.1 Å². The number of nitrogens with one attached hydrogen (secondary N) is 1. The van der Waals surface area contributed by atoms with Crippen LogP contribution >= 0.6 is 27.7 Å². The van der Waals surface area contributed by atoms with Crippen LogP contribution in [0.1, 0.15) is 24.8 Å². The number of hydrogen-bond donors (Lipinski definition) is 1. The first kappa shape index (κ1) is 16.0. The van der Waals surface area contributed by atoms with Crippen LogP contribution in [0.25, 0.3) is 0 Å². The van der Waals surface area contributed by atoms with Crippen molar-refractivity contribution < 1.29 is 9.47 Å². The smallest absolute Gasteiger partial charge is 0.175 e. The molecule has 0 saturated carbocycles. The molecule has 2 rings (SSSR count). The normalized spacial score (nSPS) is 13.5. The molecule has 0 spiro atoms. The van der Waals surface area contributed by atoms with Gasteiger partial charge < -0.3 is 14.8 Å². The van der Waals surface area contributed by atoms with Crippen molar-refractivity contribution in [3.63, 3.8) is 0 Å². The zero-order chi connectivity index (χ0) is 14.2. The zero-order valence-electron chi connectivity index (χ0n) is 11.9. The van der Waals surface area contributed by atoms with Crippen molar-refractivity contribution >= 4 is 27.7 Å². The van der Waals surface area contributed by atoms with Gasteiger partial charge in [0.05, 0.1) is 4.47 Å². The van der Waals surface area contributed by atoms with Gasteiger partial charge in [0.15, 0.2) is 11.5 Å². The van der Waals surface area contributed by atoms with Gasteiger partial charge in [-0.25, -0.2) is 0 Å². The van der Waals surface area contributed by atoms with Crippen LogP contribution in [-0.4, -0.2) is 31.8 Å². The molecule has 1 aliphatic rings. The third-order valence-electron chi connectivity index (χ3n) is 3.19. The minimum atomic E-state index is 0.624. The summed E-state index contributed by atoms with van der Waals surface area (Å²) in [5.41, 5.74) is 1.23. The van der Waals surface area contributed by atoms with Crippen LogP contribution in [0.3, 0.4) is 0 Å². The van der Waals surface area contributed by atoms with E-state index in [0.29, 0.717) is 13.2 Å². The second-order valence-electron chi connectivity index (χ2n) is 4.83. The van der Waals surface area contributed by atoms with E-state index in [1.165, 1.54) is 30.6 Å². The lowest BCUT2D eigenvalue weighted by molar-refractivity contribution is 0.170. The molecule has 0 radical (unpaired) electrons. The summed E-state index contributed by atoms with van der Waals surface area (Å²) in [7, 11) is 0. The third kappa shape index (κ3) is 4.86. The molecule has 0 saturated heterocycles. The molecule has 1 aliphatic heterocycles. The van der Waals surface area contributed by atoms with Crippen LogP contribution in [0.5, 0.6) is 11.5 Å². The van der Waals surface area contributed by atoms with Crippen LogP contribution in [0, 0.1) is 0 Å². The molecule has 1 aromatic rings. The van der Waals surface area contributed by atoms with Crippen molar-refractivity contribution in [2.45, 2.75) is 25.8 Å². The Kier molecular flexibility index (Phi) is 7.03. The third-order valence-corrected chi connectivity index (χ3v) is 4.47. The molecule has 3 nitrogen and oxygen atoms in total. The minimum absolute atomic E-state index is 0.624. The summed E-state index contributed by atoms with van der Waals surface area (Å²) in [4.78, 5) is 0. The number of thioether (sulfide) groups is 1. The van der Waals surface area contributed by atoms with Crippen LogP contribution in [0.4, 0.5) is 0 Å². The molecule has 0 amide bonds. The number of halogens is 1. The topological polar surface area (TPSA) is 30.5 Å². The maximum atomic E-state index is 5.63. The minimum Gasteiger partial charge on any atom is -0.486 e. The predicted octanol–water partition coefficient (Wildman–Crippen LogP) is 3.84. The number of benzene rings is 1. The van der Waals surface area contributed by atoms with E-state index >= 15 is 0 Å². The van der Waals surface area contributed by atoms with Crippen molar-refractivity contribution in [2.24, 2.45) is 0 Å². The number of rotatable bonds is 8. The molecule has 1 N–H and O–H groups in total. The Labute approximate surface area is 133 Å². The second-order valence-corrected chi connectivity index (χ2v) is 6.67. The summed E-state index contributed by atoms with van der Waals surface area (Å²) >= 11 is 5.47.